The molecule has 4 atom stereocenters. The molecule has 0 heterocycles. The van der Waals surface area contributed by atoms with E-state index in [1.165, 1.54) is 0 Å². The van der Waals surface area contributed by atoms with Crippen LogP contribution in [0.25, 0.3) is 0 Å². The Morgan fingerprint density at radius 3 is 2.05 bits per heavy atom. The Kier molecular flexibility index (Phi) is 14.1. The van der Waals surface area contributed by atoms with E-state index in [0.29, 0.717) is 19.4 Å². The number of nitrogens with zero attached hydrogens (tertiary/aromatic N) is 1. The summed E-state index contributed by atoms with van der Waals surface area (Å²) in [6.45, 7) is 4.04. The second-order valence-corrected chi connectivity index (χ2v) is 9.44. The van der Waals surface area contributed by atoms with Crippen molar-refractivity contribution in [3.8, 4) is 0 Å². The van der Waals surface area contributed by atoms with Gasteiger partial charge in [0.05, 0.1) is 6.04 Å². The van der Waals surface area contributed by atoms with Crippen molar-refractivity contribution in [3.05, 3.63) is 35.9 Å². The maximum Gasteiger partial charge on any atom is 0.326 e. The maximum atomic E-state index is 13.0. The quantitative estimate of drug-likeness (QED) is 0.0572. The summed E-state index contributed by atoms with van der Waals surface area (Å²) in [6, 6.07) is 4.75. The van der Waals surface area contributed by atoms with Crippen LogP contribution in [0.15, 0.2) is 35.3 Å². The van der Waals surface area contributed by atoms with Gasteiger partial charge >= 0.3 is 5.97 Å². The fraction of sp³-hybridized carbons (Fsp3) is 0.542. The van der Waals surface area contributed by atoms with E-state index < -0.39 is 47.9 Å². The third kappa shape index (κ3) is 12.5. The molecule has 0 bridgehead atoms. The Morgan fingerprint density at radius 2 is 1.51 bits per heavy atom. The molecule has 4 unspecified atom stereocenters. The number of nitrogens with one attached hydrogen (secondary N) is 3. The fourth-order valence-corrected chi connectivity index (χ4v) is 3.68. The number of carboxylic acids is 1. The SMILES string of the molecule is CC(C)CC(NC(=O)C(CS)NC(=O)C(N)CCCN=C(N)N)C(=O)NC(Cc1ccccc1)C(=O)O. The van der Waals surface area contributed by atoms with Gasteiger partial charge in [-0.15, -0.1) is 0 Å². The number of aliphatic imine (C=N–C) groups is 1. The van der Waals surface area contributed by atoms with E-state index in [9.17, 15) is 24.3 Å². The second kappa shape index (κ2) is 16.4. The molecule has 0 aliphatic carbocycles. The van der Waals surface area contributed by atoms with Crippen LogP contribution >= 0.6 is 12.6 Å². The molecule has 12 nitrogen and oxygen atoms in total. The maximum absolute atomic E-state index is 13.0. The van der Waals surface area contributed by atoms with E-state index in [-0.39, 0.29) is 30.5 Å². The molecule has 0 radical (unpaired) electrons. The zero-order chi connectivity index (χ0) is 28.0. The van der Waals surface area contributed by atoms with Crippen LogP contribution < -0.4 is 33.2 Å². The summed E-state index contributed by atoms with van der Waals surface area (Å²) in [4.78, 5) is 54.0. The highest BCUT2D eigenvalue weighted by Crippen LogP contribution is 2.09. The lowest BCUT2D eigenvalue weighted by molar-refractivity contribution is -0.142. The molecule has 3 amide bonds. The molecule has 206 valence electrons. The predicted octanol–water partition coefficient (Wildman–Crippen LogP) is -0.875. The number of carbonyl (C=O) groups excluding carboxylic acids is 3. The van der Waals surface area contributed by atoms with Crippen molar-refractivity contribution in [1.29, 1.82) is 0 Å². The van der Waals surface area contributed by atoms with Crippen molar-refractivity contribution < 1.29 is 24.3 Å². The summed E-state index contributed by atoms with van der Waals surface area (Å²) in [5, 5.41) is 17.3. The Balaban J connectivity index is 2.81. The molecule has 0 aromatic heterocycles. The van der Waals surface area contributed by atoms with Gasteiger partial charge < -0.3 is 38.3 Å². The molecule has 1 rings (SSSR count). The highest BCUT2D eigenvalue weighted by molar-refractivity contribution is 7.80. The van der Waals surface area contributed by atoms with Crippen molar-refractivity contribution in [2.24, 2.45) is 28.1 Å². The molecule has 0 saturated carbocycles. The number of carboxylic acid groups (broad SMARTS) is 1. The molecule has 10 N–H and O–H groups in total. The van der Waals surface area contributed by atoms with Crippen LogP contribution in [0.5, 0.6) is 0 Å². The summed E-state index contributed by atoms with van der Waals surface area (Å²) in [5.74, 6) is -3.10. The van der Waals surface area contributed by atoms with Gasteiger partial charge in [-0.3, -0.25) is 19.4 Å². The van der Waals surface area contributed by atoms with Gasteiger partial charge in [0.2, 0.25) is 17.7 Å². The standard InChI is InChI=1S/C24H39N7O5S/c1-14(2)11-17(21(33)30-18(23(35)36)12-15-7-4-3-5-8-15)29-22(34)19(13-37)31-20(32)16(25)9-6-10-28-24(26)27/h3-5,7-8,14,16-19,37H,6,9-13,25H2,1-2H3,(H,29,34)(H,30,33)(H,31,32)(H,35,36)(H4,26,27,28). The number of hydrogen-bond donors (Lipinski definition) is 8. The number of rotatable bonds is 16. The van der Waals surface area contributed by atoms with E-state index in [1.54, 1.807) is 24.3 Å². The number of guanidine groups is 1. The minimum absolute atomic E-state index is 0.0103. The van der Waals surface area contributed by atoms with Gasteiger partial charge in [-0.1, -0.05) is 44.2 Å². The highest BCUT2D eigenvalue weighted by atomic mass is 32.1. The van der Waals surface area contributed by atoms with E-state index in [0.717, 1.165) is 5.56 Å². The highest BCUT2D eigenvalue weighted by Gasteiger charge is 2.30. The van der Waals surface area contributed by atoms with E-state index >= 15 is 0 Å². The van der Waals surface area contributed by atoms with Crippen LogP contribution in [-0.2, 0) is 25.6 Å². The molecule has 0 aliphatic rings. The van der Waals surface area contributed by atoms with Crippen LogP contribution in [0.3, 0.4) is 0 Å². The molecule has 37 heavy (non-hydrogen) atoms. The average molecular weight is 538 g/mol. The second-order valence-electron chi connectivity index (χ2n) is 9.08. The zero-order valence-electron chi connectivity index (χ0n) is 21.2. The number of thiol groups is 1. The fourth-order valence-electron chi connectivity index (χ4n) is 3.42. The topological polar surface area (TPSA) is 215 Å². The monoisotopic (exact) mass is 537 g/mol. The first-order valence-corrected chi connectivity index (χ1v) is 12.7. The molecule has 0 spiro atoms. The predicted molar refractivity (Wildman–Crippen MR) is 145 cm³/mol. The first-order valence-electron chi connectivity index (χ1n) is 12.0. The van der Waals surface area contributed by atoms with Gasteiger partial charge in [0.1, 0.15) is 18.1 Å². The van der Waals surface area contributed by atoms with Gasteiger partial charge in [0.15, 0.2) is 5.96 Å². The van der Waals surface area contributed by atoms with Gasteiger partial charge in [0.25, 0.3) is 0 Å². The minimum Gasteiger partial charge on any atom is -0.480 e. The van der Waals surface area contributed by atoms with Gasteiger partial charge in [-0.05, 0) is 30.7 Å². The smallest absolute Gasteiger partial charge is 0.326 e. The number of benzene rings is 1. The molecule has 1 aromatic carbocycles. The van der Waals surface area contributed by atoms with Crippen molar-refractivity contribution in [2.75, 3.05) is 12.3 Å². The van der Waals surface area contributed by atoms with E-state index in [2.05, 4.69) is 33.6 Å². The third-order valence-electron chi connectivity index (χ3n) is 5.36. The Hall–Kier alpha value is -3.32. The van der Waals surface area contributed by atoms with Gasteiger partial charge in [-0.25, -0.2) is 4.79 Å². The Labute approximate surface area is 222 Å². The molecule has 1 aromatic rings. The first kappa shape index (κ1) is 31.7. The van der Waals surface area contributed by atoms with Crippen LogP contribution in [0, 0.1) is 5.92 Å². The molecule has 0 saturated heterocycles. The normalized spacial score (nSPS) is 14.1. The third-order valence-corrected chi connectivity index (χ3v) is 5.72. The summed E-state index contributed by atoms with van der Waals surface area (Å²) >= 11 is 4.15. The van der Waals surface area contributed by atoms with Crippen LogP contribution in [-0.4, -0.2) is 71.2 Å². The lowest BCUT2D eigenvalue weighted by Crippen LogP contribution is -2.58. The van der Waals surface area contributed by atoms with Crippen LogP contribution in [0.1, 0.15) is 38.7 Å². The van der Waals surface area contributed by atoms with E-state index in [4.69, 9.17) is 17.2 Å². The zero-order valence-corrected chi connectivity index (χ0v) is 22.1. The number of carbonyl (C=O) groups is 4. The largest absolute Gasteiger partial charge is 0.480 e. The van der Waals surface area contributed by atoms with Gasteiger partial charge in [0, 0.05) is 18.7 Å². The molecular weight excluding hydrogens is 498 g/mol. The molecule has 13 heteroatoms. The summed E-state index contributed by atoms with van der Waals surface area (Å²) in [6.07, 6.45) is 1.10. The molecule has 0 fully saturated rings. The number of amides is 3. The van der Waals surface area contributed by atoms with E-state index in [1.807, 2.05) is 19.9 Å². The van der Waals surface area contributed by atoms with Crippen molar-refractivity contribution >= 4 is 42.3 Å². The average Bonchev–Trinajstić information content (AvgIpc) is 2.83. The van der Waals surface area contributed by atoms with Crippen molar-refractivity contribution in [3.63, 3.8) is 0 Å². The Bertz CT molecular complexity index is 925. The number of hydrogen-bond acceptors (Lipinski definition) is 7. The summed E-state index contributed by atoms with van der Waals surface area (Å²) < 4.78 is 0. The van der Waals surface area contributed by atoms with Crippen molar-refractivity contribution in [1.82, 2.24) is 16.0 Å². The van der Waals surface area contributed by atoms with Crippen LogP contribution in [0.2, 0.25) is 0 Å². The minimum atomic E-state index is -1.19. The number of aliphatic carboxylic acids is 1. The lowest BCUT2D eigenvalue weighted by atomic mass is 10.0. The molecular formula is C24H39N7O5S. The van der Waals surface area contributed by atoms with Crippen LogP contribution in [0.4, 0.5) is 0 Å². The number of nitrogens with two attached hydrogens (primary N) is 3. The van der Waals surface area contributed by atoms with Gasteiger partial charge in [-0.2, -0.15) is 12.6 Å². The summed E-state index contributed by atoms with van der Waals surface area (Å²) in [5.41, 5.74) is 17.2. The summed E-state index contributed by atoms with van der Waals surface area (Å²) in [7, 11) is 0. The Morgan fingerprint density at radius 1 is 0.946 bits per heavy atom. The first-order chi connectivity index (χ1) is 17.4. The lowest BCUT2D eigenvalue weighted by Gasteiger charge is -2.25. The molecule has 0 aliphatic heterocycles. The van der Waals surface area contributed by atoms with Crippen molar-refractivity contribution in [2.45, 2.75) is 63.7 Å².